The number of halogens is 3. The van der Waals surface area contributed by atoms with E-state index in [0.29, 0.717) is 4.68 Å². The van der Waals surface area contributed by atoms with Crippen molar-refractivity contribution < 1.29 is 27.4 Å². The Morgan fingerprint density at radius 3 is 2.62 bits per heavy atom. The minimum Gasteiger partial charge on any atom is -0.480 e. The molecule has 0 aliphatic carbocycles. The van der Waals surface area contributed by atoms with Crippen LogP contribution in [0.25, 0.3) is 5.69 Å². The molecule has 112 valence electrons. The van der Waals surface area contributed by atoms with E-state index in [0.717, 1.165) is 19.4 Å². The number of carbonyl (C=O) groups is 1. The fourth-order valence-corrected chi connectivity index (χ4v) is 1.51. The Kier molecular flexibility index (Phi) is 3.74. The van der Waals surface area contributed by atoms with E-state index < -0.39 is 18.0 Å². The van der Waals surface area contributed by atoms with E-state index in [1.54, 1.807) is 0 Å². The third-order valence-electron chi connectivity index (χ3n) is 2.40. The maximum atomic E-state index is 12.7. The number of alkyl halides is 3. The molecule has 0 N–H and O–H groups in total. The normalized spacial score (nSPS) is 11.3. The summed E-state index contributed by atoms with van der Waals surface area (Å²) in [6.45, 7) is 0. The molecule has 21 heavy (non-hydrogen) atoms. The number of nitrogens with zero attached hydrogens (tertiary/aromatic N) is 5. The molecule has 0 unspecified atom stereocenters. The van der Waals surface area contributed by atoms with Gasteiger partial charge in [0, 0.05) is 0 Å². The molecule has 2 aromatic rings. The molecule has 0 fully saturated rings. The van der Waals surface area contributed by atoms with Gasteiger partial charge in [-0.05, 0) is 16.5 Å². The smallest absolute Gasteiger partial charge is 0.453 e. The van der Waals surface area contributed by atoms with E-state index in [1.165, 1.54) is 7.11 Å². The van der Waals surface area contributed by atoms with Gasteiger partial charge in [0.15, 0.2) is 0 Å². The molecule has 0 radical (unpaired) electrons. The van der Waals surface area contributed by atoms with E-state index in [-0.39, 0.29) is 17.1 Å². The summed E-state index contributed by atoms with van der Waals surface area (Å²) in [7, 11) is 2.37. The highest BCUT2D eigenvalue weighted by Gasteiger charge is 2.38. The lowest BCUT2D eigenvalue weighted by molar-refractivity contribution is -0.146. The summed E-state index contributed by atoms with van der Waals surface area (Å²) in [4.78, 5) is 15.3. The molecule has 8 nitrogen and oxygen atoms in total. The third-order valence-corrected chi connectivity index (χ3v) is 2.40. The van der Waals surface area contributed by atoms with Crippen LogP contribution in [0.4, 0.5) is 13.2 Å². The van der Waals surface area contributed by atoms with Gasteiger partial charge in [-0.1, -0.05) is 0 Å². The Balaban J connectivity index is 2.56. The summed E-state index contributed by atoms with van der Waals surface area (Å²) >= 11 is 0. The number of hydrogen-bond acceptors (Lipinski definition) is 7. The molecule has 0 saturated carbocycles. The summed E-state index contributed by atoms with van der Waals surface area (Å²) in [5.74, 6) is -2.25. The highest BCUT2D eigenvalue weighted by Crippen LogP contribution is 2.29. The first-order chi connectivity index (χ1) is 9.88. The molecule has 0 aromatic carbocycles. The van der Waals surface area contributed by atoms with Gasteiger partial charge in [0.05, 0.1) is 26.1 Å². The van der Waals surface area contributed by atoms with Gasteiger partial charge in [0.2, 0.25) is 5.88 Å². The van der Waals surface area contributed by atoms with Crippen molar-refractivity contribution in [1.82, 2.24) is 25.2 Å². The summed E-state index contributed by atoms with van der Waals surface area (Å²) in [5.41, 5.74) is -0.311. The Morgan fingerprint density at radius 1 is 1.33 bits per heavy atom. The number of hydrogen-bond donors (Lipinski definition) is 0. The second kappa shape index (κ2) is 5.34. The summed E-state index contributed by atoms with van der Waals surface area (Å²) in [5, 5.41) is 9.11. The molecule has 0 amide bonds. The first-order valence-electron chi connectivity index (χ1n) is 5.36. The van der Waals surface area contributed by atoms with Gasteiger partial charge in [-0.3, -0.25) is 0 Å². The lowest BCUT2D eigenvalue weighted by atomic mass is 10.2. The zero-order valence-corrected chi connectivity index (χ0v) is 10.7. The van der Waals surface area contributed by atoms with E-state index in [9.17, 15) is 18.0 Å². The average molecular weight is 303 g/mol. The standard InChI is InChI=1S/C10H8F3N5O3/c1-20-7-6(8(19)21-2)3-5(4-14-7)18-9(10(11,12)13)15-16-17-18/h3-4H,1-2H3. The minimum absolute atomic E-state index is 0.0905. The lowest BCUT2D eigenvalue weighted by Crippen LogP contribution is -2.16. The number of methoxy groups -OCH3 is 2. The topological polar surface area (TPSA) is 92.0 Å². The number of ether oxygens (including phenoxy) is 2. The van der Waals surface area contributed by atoms with Gasteiger partial charge in [0.25, 0.3) is 5.82 Å². The molecule has 11 heteroatoms. The van der Waals surface area contributed by atoms with Crippen molar-refractivity contribution in [2.45, 2.75) is 6.18 Å². The third kappa shape index (κ3) is 2.75. The molecule has 0 saturated heterocycles. The molecular weight excluding hydrogens is 295 g/mol. The molecule has 2 aromatic heterocycles. The highest BCUT2D eigenvalue weighted by molar-refractivity contribution is 5.92. The van der Waals surface area contributed by atoms with Crippen LogP contribution in [0.1, 0.15) is 16.2 Å². The fraction of sp³-hybridized carbons (Fsp3) is 0.300. The van der Waals surface area contributed by atoms with Crippen LogP contribution < -0.4 is 4.74 Å². The number of aromatic nitrogens is 5. The fourth-order valence-electron chi connectivity index (χ4n) is 1.51. The van der Waals surface area contributed by atoms with Crippen LogP contribution in [0.2, 0.25) is 0 Å². The molecular formula is C10H8F3N5O3. The molecule has 0 aliphatic rings. The molecule has 0 aliphatic heterocycles. The van der Waals surface area contributed by atoms with Crippen LogP contribution in [-0.2, 0) is 10.9 Å². The van der Waals surface area contributed by atoms with Gasteiger partial charge >= 0.3 is 12.1 Å². The van der Waals surface area contributed by atoms with Crippen LogP contribution in [-0.4, -0.2) is 45.4 Å². The van der Waals surface area contributed by atoms with Gasteiger partial charge in [0.1, 0.15) is 5.56 Å². The SMILES string of the molecule is COC(=O)c1cc(-n2nnnc2C(F)(F)F)cnc1OC. The van der Waals surface area contributed by atoms with Crippen LogP contribution in [0, 0.1) is 0 Å². The van der Waals surface area contributed by atoms with Crippen LogP contribution >= 0.6 is 0 Å². The maximum Gasteiger partial charge on any atom is 0.453 e. The lowest BCUT2D eigenvalue weighted by Gasteiger charge is -2.10. The van der Waals surface area contributed by atoms with E-state index in [2.05, 4.69) is 25.2 Å². The highest BCUT2D eigenvalue weighted by atomic mass is 19.4. The Labute approximate surface area is 115 Å². The predicted molar refractivity (Wildman–Crippen MR) is 59.8 cm³/mol. The summed E-state index contributed by atoms with van der Waals surface area (Å²) in [6.07, 6.45) is -3.72. The van der Waals surface area contributed by atoms with Crippen molar-refractivity contribution in [2.24, 2.45) is 0 Å². The van der Waals surface area contributed by atoms with Gasteiger partial charge in [-0.25, -0.2) is 9.78 Å². The van der Waals surface area contributed by atoms with Crippen molar-refractivity contribution in [2.75, 3.05) is 14.2 Å². The number of pyridine rings is 1. The Morgan fingerprint density at radius 2 is 2.05 bits per heavy atom. The largest absolute Gasteiger partial charge is 0.480 e. The van der Waals surface area contributed by atoms with Crippen LogP contribution in [0.3, 0.4) is 0 Å². The van der Waals surface area contributed by atoms with Crippen molar-refractivity contribution >= 4 is 5.97 Å². The maximum absolute atomic E-state index is 12.7. The van der Waals surface area contributed by atoms with Crippen molar-refractivity contribution in [3.8, 4) is 11.6 Å². The van der Waals surface area contributed by atoms with Crippen molar-refractivity contribution in [3.63, 3.8) is 0 Å². The predicted octanol–water partition coefficient (Wildman–Crippen LogP) is 0.871. The quantitative estimate of drug-likeness (QED) is 0.777. The van der Waals surface area contributed by atoms with Crippen molar-refractivity contribution in [1.29, 1.82) is 0 Å². The molecule has 2 heterocycles. The van der Waals surface area contributed by atoms with Gasteiger partial charge in [-0.2, -0.15) is 17.9 Å². The monoisotopic (exact) mass is 303 g/mol. The summed E-state index contributed by atoms with van der Waals surface area (Å²) in [6, 6.07) is 1.09. The van der Waals surface area contributed by atoms with E-state index >= 15 is 0 Å². The zero-order valence-electron chi connectivity index (χ0n) is 10.7. The Bertz CT molecular complexity index is 670. The van der Waals surface area contributed by atoms with Crippen LogP contribution in [0.5, 0.6) is 5.88 Å². The number of esters is 1. The molecule has 2 rings (SSSR count). The number of rotatable bonds is 3. The minimum atomic E-state index is -4.76. The number of carbonyl (C=O) groups excluding carboxylic acids is 1. The van der Waals surface area contributed by atoms with E-state index in [4.69, 9.17) is 4.74 Å². The van der Waals surface area contributed by atoms with Gasteiger partial charge in [-0.15, -0.1) is 5.10 Å². The second-order valence-corrected chi connectivity index (χ2v) is 3.65. The molecule has 0 spiro atoms. The Hall–Kier alpha value is -2.72. The van der Waals surface area contributed by atoms with Crippen molar-refractivity contribution in [3.05, 3.63) is 23.7 Å². The molecule has 0 atom stereocenters. The average Bonchev–Trinajstić information content (AvgIpc) is 2.95. The number of tetrazole rings is 1. The zero-order chi connectivity index (χ0) is 15.6. The second-order valence-electron chi connectivity index (χ2n) is 3.65. The first-order valence-corrected chi connectivity index (χ1v) is 5.36. The molecule has 0 bridgehead atoms. The van der Waals surface area contributed by atoms with Crippen LogP contribution in [0.15, 0.2) is 12.3 Å². The first kappa shape index (κ1) is 14.7. The van der Waals surface area contributed by atoms with Gasteiger partial charge < -0.3 is 9.47 Å². The van der Waals surface area contributed by atoms with E-state index in [1.807, 2.05) is 0 Å². The summed E-state index contributed by atoms with van der Waals surface area (Å²) < 4.78 is 48.0.